The van der Waals surface area contributed by atoms with Gasteiger partial charge in [0.15, 0.2) is 0 Å². The van der Waals surface area contributed by atoms with Crippen LogP contribution in [0.2, 0.25) is 0 Å². The summed E-state index contributed by atoms with van der Waals surface area (Å²) < 4.78 is 19.7. The van der Waals surface area contributed by atoms with Gasteiger partial charge in [0.2, 0.25) is 0 Å². The predicted octanol–water partition coefficient (Wildman–Crippen LogP) is -1.37. The third-order valence-corrected chi connectivity index (χ3v) is 1.36. The maximum Gasteiger partial charge on any atom is 0.259 e. The molecule has 0 rings (SSSR count). The maximum atomic E-state index is 10.6. The minimum absolute atomic E-state index is 0.0651. The van der Waals surface area contributed by atoms with Gasteiger partial charge in [-0.1, -0.05) is 0 Å². The maximum absolute atomic E-state index is 10.6. The van der Waals surface area contributed by atoms with Crippen molar-refractivity contribution in [2.75, 3.05) is 46.9 Å². The van der Waals surface area contributed by atoms with Gasteiger partial charge in [-0.3, -0.25) is 10.2 Å². The Kier molecular flexibility index (Phi) is 10.8. The first-order valence-electron chi connectivity index (χ1n) is 4.53. The van der Waals surface area contributed by atoms with Gasteiger partial charge >= 0.3 is 0 Å². The minimum atomic E-state index is -0.369. The molecule has 7 heteroatoms. The molecule has 0 spiro atoms. The molecule has 0 fully saturated rings. The van der Waals surface area contributed by atoms with Crippen LogP contribution in [0, 0.1) is 0 Å². The zero-order chi connectivity index (χ0) is 11.4. The number of hydrogen-bond donors (Lipinski definition) is 2. The van der Waals surface area contributed by atoms with Crippen LogP contribution in [0.15, 0.2) is 0 Å². The summed E-state index contributed by atoms with van der Waals surface area (Å²) in [6.07, 6.45) is 0. The van der Waals surface area contributed by atoms with Crippen LogP contribution in [-0.4, -0.2) is 52.8 Å². The Morgan fingerprint density at radius 1 is 1.13 bits per heavy atom. The highest BCUT2D eigenvalue weighted by molar-refractivity contribution is 5.76. The van der Waals surface area contributed by atoms with Crippen LogP contribution >= 0.6 is 0 Å². The van der Waals surface area contributed by atoms with Crippen molar-refractivity contribution in [1.29, 1.82) is 0 Å². The largest absolute Gasteiger partial charge is 0.382 e. The van der Waals surface area contributed by atoms with Crippen LogP contribution < -0.4 is 11.3 Å². The topological polar surface area (TPSA) is 92.0 Å². The Bertz CT molecular complexity index is 156. The second-order valence-corrected chi connectivity index (χ2v) is 2.55. The first kappa shape index (κ1) is 14.3. The molecule has 15 heavy (non-hydrogen) atoms. The molecule has 0 aromatic rings. The number of nitrogens with one attached hydrogen (secondary N) is 1. The SMILES string of the molecule is COCCOCOCCOCC(=O)NN. The molecule has 90 valence electrons. The highest BCUT2D eigenvalue weighted by Crippen LogP contribution is 1.81. The van der Waals surface area contributed by atoms with Crippen LogP contribution in [0.5, 0.6) is 0 Å². The van der Waals surface area contributed by atoms with E-state index in [1.807, 2.05) is 5.43 Å². The molecule has 0 aromatic carbocycles. The third kappa shape index (κ3) is 11.2. The molecule has 3 N–H and O–H groups in total. The Labute approximate surface area is 88.8 Å². The van der Waals surface area contributed by atoms with E-state index in [1.54, 1.807) is 7.11 Å². The number of nitrogens with two attached hydrogens (primary N) is 1. The van der Waals surface area contributed by atoms with Gasteiger partial charge in [-0.15, -0.1) is 0 Å². The molecule has 0 aliphatic heterocycles. The highest BCUT2D eigenvalue weighted by atomic mass is 16.7. The van der Waals surface area contributed by atoms with E-state index in [0.29, 0.717) is 26.4 Å². The van der Waals surface area contributed by atoms with Crippen LogP contribution in [0.3, 0.4) is 0 Å². The lowest BCUT2D eigenvalue weighted by Crippen LogP contribution is -2.33. The zero-order valence-electron chi connectivity index (χ0n) is 8.86. The van der Waals surface area contributed by atoms with E-state index in [0.717, 1.165) is 0 Å². The summed E-state index contributed by atoms with van der Waals surface area (Å²) >= 11 is 0. The smallest absolute Gasteiger partial charge is 0.259 e. The van der Waals surface area contributed by atoms with Crippen molar-refractivity contribution in [2.45, 2.75) is 0 Å². The fourth-order valence-electron chi connectivity index (χ4n) is 0.643. The van der Waals surface area contributed by atoms with E-state index in [1.165, 1.54) is 0 Å². The molecular weight excluding hydrogens is 204 g/mol. The molecule has 7 nitrogen and oxygen atoms in total. The first-order valence-corrected chi connectivity index (χ1v) is 4.53. The van der Waals surface area contributed by atoms with Crippen molar-refractivity contribution in [1.82, 2.24) is 5.43 Å². The minimum Gasteiger partial charge on any atom is -0.382 e. The van der Waals surface area contributed by atoms with Gasteiger partial charge in [-0.05, 0) is 0 Å². The Morgan fingerprint density at radius 3 is 2.33 bits per heavy atom. The predicted molar refractivity (Wildman–Crippen MR) is 51.8 cm³/mol. The number of rotatable bonds is 10. The van der Waals surface area contributed by atoms with E-state index < -0.39 is 0 Å². The normalized spacial score (nSPS) is 10.3. The van der Waals surface area contributed by atoms with E-state index in [4.69, 9.17) is 24.8 Å². The summed E-state index contributed by atoms with van der Waals surface area (Å²) in [6.45, 7) is 1.84. The summed E-state index contributed by atoms with van der Waals surface area (Å²) in [7, 11) is 1.60. The first-order chi connectivity index (χ1) is 7.31. The van der Waals surface area contributed by atoms with Crippen molar-refractivity contribution in [3.63, 3.8) is 0 Å². The van der Waals surface area contributed by atoms with Gasteiger partial charge in [-0.2, -0.15) is 0 Å². The number of carbonyl (C=O) groups excluding carboxylic acids is 1. The second kappa shape index (κ2) is 11.3. The molecule has 0 aliphatic carbocycles. The van der Waals surface area contributed by atoms with Crippen LogP contribution in [0.1, 0.15) is 0 Å². The fraction of sp³-hybridized carbons (Fsp3) is 0.875. The monoisotopic (exact) mass is 222 g/mol. The van der Waals surface area contributed by atoms with Crippen LogP contribution in [0.25, 0.3) is 0 Å². The number of hydrazine groups is 1. The van der Waals surface area contributed by atoms with E-state index >= 15 is 0 Å². The molecule has 0 heterocycles. The van der Waals surface area contributed by atoms with Crippen LogP contribution in [-0.2, 0) is 23.7 Å². The molecular formula is C8H18N2O5. The number of hydrogen-bond acceptors (Lipinski definition) is 6. The Hall–Kier alpha value is -0.730. The summed E-state index contributed by atoms with van der Waals surface area (Å²) in [6, 6.07) is 0. The molecule has 0 atom stereocenters. The third-order valence-electron chi connectivity index (χ3n) is 1.36. The standard InChI is InChI=1S/C8H18N2O5/c1-12-2-3-14-7-15-5-4-13-6-8(11)10-9/h2-7,9H2,1H3,(H,10,11). The molecule has 0 saturated carbocycles. The number of carbonyl (C=O) groups is 1. The van der Waals surface area contributed by atoms with Crippen molar-refractivity contribution >= 4 is 5.91 Å². The average Bonchev–Trinajstić information content (AvgIpc) is 2.26. The Morgan fingerprint density at radius 2 is 1.73 bits per heavy atom. The second-order valence-electron chi connectivity index (χ2n) is 2.55. The fourth-order valence-corrected chi connectivity index (χ4v) is 0.643. The molecule has 0 aliphatic rings. The van der Waals surface area contributed by atoms with Crippen LogP contribution in [0.4, 0.5) is 0 Å². The molecule has 0 bridgehead atoms. The highest BCUT2D eigenvalue weighted by Gasteiger charge is 1.96. The lowest BCUT2D eigenvalue weighted by atomic mass is 10.6. The molecule has 0 unspecified atom stereocenters. The molecule has 1 amide bonds. The van der Waals surface area contributed by atoms with Crippen molar-refractivity contribution in [3.8, 4) is 0 Å². The van der Waals surface area contributed by atoms with Crippen molar-refractivity contribution < 1.29 is 23.7 Å². The quantitative estimate of drug-likeness (QED) is 0.156. The average molecular weight is 222 g/mol. The van der Waals surface area contributed by atoms with Crippen molar-refractivity contribution in [3.05, 3.63) is 0 Å². The van der Waals surface area contributed by atoms with Gasteiger partial charge < -0.3 is 18.9 Å². The Balaban J connectivity index is 2.95. The van der Waals surface area contributed by atoms with Gasteiger partial charge in [0.1, 0.15) is 13.4 Å². The number of methoxy groups -OCH3 is 1. The lowest BCUT2D eigenvalue weighted by Gasteiger charge is -2.05. The molecule has 0 aromatic heterocycles. The summed E-state index contributed by atoms with van der Waals surface area (Å²) in [5.74, 6) is 4.47. The van der Waals surface area contributed by atoms with Gasteiger partial charge in [0.05, 0.1) is 26.4 Å². The summed E-state index contributed by atoms with van der Waals surface area (Å²) in [5.41, 5.74) is 1.95. The van der Waals surface area contributed by atoms with Gasteiger partial charge in [-0.25, -0.2) is 5.84 Å². The lowest BCUT2D eigenvalue weighted by molar-refractivity contribution is -0.127. The van der Waals surface area contributed by atoms with Gasteiger partial charge in [0.25, 0.3) is 5.91 Å². The van der Waals surface area contributed by atoms with E-state index in [-0.39, 0.29) is 19.3 Å². The van der Waals surface area contributed by atoms with E-state index in [2.05, 4.69) is 0 Å². The zero-order valence-corrected chi connectivity index (χ0v) is 8.86. The number of amides is 1. The number of ether oxygens (including phenoxy) is 4. The van der Waals surface area contributed by atoms with Gasteiger partial charge in [0, 0.05) is 7.11 Å². The summed E-state index contributed by atoms with van der Waals surface area (Å²) in [5, 5.41) is 0. The molecule has 0 saturated heterocycles. The van der Waals surface area contributed by atoms with Crippen molar-refractivity contribution in [2.24, 2.45) is 5.84 Å². The van der Waals surface area contributed by atoms with E-state index in [9.17, 15) is 4.79 Å². The summed E-state index contributed by atoms with van der Waals surface area (Å²) in [4.78, 5) is 10.6. The molecule has 0 radical (unpaired) electrons.